The summed E-state index contributed by atoms with van der Waals surface area (Å²) >= 11 is 0. The SMILES string of the molecule is COCCCNc1ncc2c(n1)-c1ccccc1C(c1ccccc1)C2. The predicted octanol–water partition coefficient (Wildman–Crippen LogP) is 4.28. The molecule has 0 radical (unpaired) electrons. The molecule has 3 aromatic rings. The van der Waals surface area contributed by atoms with Crippen molar-refractivity contribution in [1.29, 1.82) is 0 Å². The molecule has 1 aliphatic carbocycles. The number of hydrogen-bond acceptors (Lipinski definition) is 4. The summed E-state index contributed by atoms with van der Waals surface area (Å²) < 4.78 is 5.09. The van der Waals surface area contributed by atoms with Gasteiger partial charge in [-0.2, -0.15) is 0 Å². The largest absolute Gasteiger partial charge is 0.385 e. The average molecular weight is 345 g/mol. The van der Waals surface area contributed by atoms with E-state index >= 15 is 0 Å². The molecule has 1 unspecified atom stereocenters. The Labute approximate surface area is 154 Å². The maximum atomic E-state index is 5.09. The summed E-state index contributed by atoms with van der Waals surface area (Å²) in [6.07, 6.45) is 3.84. The number of fused-ring (bicyclic) bond motifs is 3. The van der Waals surface area contributed by atoms with E-state index in [9.17, 15) is 0 Å². The number of benzene rings is 2. The Hall–Kier alpha value is -2.72. The van der Waals surface area contributed by atoms with Crippen LogP contribution in [0.5, 0.6) is 0 Å². The zero-order chi connectivity index (χ0) is 17.8. The summed E-state index contributed by atoms with van der Waals surface area (Å²) in [6.45, 7) is 1.54. The molecule has 1 N–H and O–H groups in total. The smallest absolute Gasteiger partial charge is 0.223 e. The predicted molar refractivity (Wildman–Crippen MR) is 104 cm³/mol. The highest BCUT2D eigenvalue weighted by atomic mass is 16.5. The first-order valence-corrected chi connectivity index (χ1v) is 9.10. The molecule has 0 bridgehead atoms. The van der Waals surface area contributed by atoms with E-state index in [1.807, 2.05) is 6.20 Å². The molecule has 2 aromatic carbocycles. The second kappa shape index (κ2) is 7.67. The van der Waals surface area contributed by atoms with Gasteiger partial charge in [0.25, 0.3) is 0 Å². The average Bonchev–Trinajstić information content (AvgIpc) is 2.71. The molecule has 1 heterocycles. The molecule has 0 saturated heterocycles. The van der Waals surface area contributed by atoms with Gasteiger partial charge in [-0.1, -0.05) is 54.6 Å². The molecule has 0 saturated carbocycles. The van der Waals surface area contributed by atoms with Crippen molar-refractivity contribution in [2.24, 2.45) is 0 Å². The van der Waals surface area contributed by atoms with Gasteiger partial charge in [-0.05, 0) is 29.5 Å². The molecule has 26 heavy (non-hydrogen) atoms. The van der Waals surface area contributed by atoms with Crippen LogP contribution in [-0.4, -0.2) is 30.2 Å². The molecule has 0 fully saturated rings. The number of rotatable bonds is 6. The molecule has 4 heteroatoms. The zero-order valence-corrected chi connectivity index (χ0v) is 15.0. The van der Waals surface area contributed by atoms with E-state index in [-0.39, 0.29) is 0 Å². The summed E-state index contributed by atoms with van der Waals surface area (Å²) in [6, 6.07) is 19.3. The van der Waals surface area contributed by atoms with E-state index < -0.39 is 0 Å². The minimum Gasteiger partial charge on any atom is -0.385 e. The van der Waals surface area contributed by atoms with Crippen molar-refractivity contribution < 1.29 is 4.74 Å². The molecule has 1 atom stereocenters. The van der Waals surface area contributed by atoms with E-state index in [1.54, 1.807) is 7.11 Å². The third-order valence-electron chi connectivity index (χ3n) is 4.89. The monoisotopic (exact) mass is 345 g/mol. The summed E-state index contributed by atoms with van der Waals surface area (Å²) in [7, 11) is 1.72. The minimum absolute atomic E-state index is 0.351. The van der Waals surface area contributed by atoms with Crippen molar-refractivity contribution >= 4 is 5.95 Å². The summed E-state index contributed by atoms with van der Waals surface area (Å²) in [5.74, 6) is 1.04. The lowest BCUT2D eigenvalue weighted by Crippen LogP contribution is -2.16. The van der Waals surface area contributed by atoms with Gasteiger partial charge < -0.3 is 10.1 Å². The molecular weight excluding hydrogens is 322 g/mol. The molecule has 4 nitrogen and oxygen atoms in total. The Bertz CT molecular complexity index is 880. The van der Waals surface area contributed by atoms with Crippen LogP contribution < -0.4 is 5.32 Å². The second-order valence-electron chi connectivity index (χ2n) is 6.60. The first-order valence-electron chi connectivity index (χ1n) is 9.10. The Morgan fingerprint density at radius 2 is 1.88 bits per heavy atom. The van der Waals surface area contributed by atoms with Gasteiger partial charge >= 0.3 is 0 Å². The zero-order valence-electron chi connectivity index (χ0n) is 15.0. The normalized spacial score (nSPS) is 15.2. The van der Waals surface area contributed by atoms with E-state index in [1.165, 1.54) is 22.3 Å². The Kier molecular flexibility index (Phi) is 4.93. The molecular formula is C22H23N3O. The number of ether oxygens (including phenoxy) is 1. The van der Waals surface area contributed by atoms with Crippen LogP contribution in [0.4, 0.5) is 5.95 Å². The van der Waals surface area contributed by atoms with Crippen molar-refractivity contribution in [3.05, 3.63) is 77.5 Å². The fourth-order valence-electron chi connectivity index (χ4n) is 3.62. The highest BCUT2D eigenvalue weighted by Crippen LogP contribution is 2.41. The summed E-state index contributed by atoms with van der Waals surface area (Å²) in [4.78, 5) is 9.34. The topological polar surface area (TPSA) is 47.0 Å². The highest BCUT2D eigenvalue weighted by Gasteiger charge is 2.27. The second-order valence-corrected chi connectivity index (χ2v) is 6.60. The van der Waals surface area contributed by atoms with Crippen LogP contribution in [0.3, 0.4) is 0 Å². The molecule has 1 aromatic heterocycles. The van der Waals surface area contributed by atoms with Gasteiger partial charge in [0.2, 0.25) is 5.95 Å². The van der Waals surface area contributed by atoms with E-state index in [4.69, 9.17) is 9.72 Å². The maximum absolute atomic E-state index is 5.09. The summed E-state index contributed by atoms with van der Waals surface area (Å²) in [5, 5.41) is 3.30. The van der Waals surface area contributed by atoms with Crippen LogP contribution in [0.15, 0.2) is 60.8 Å². The van der Waals surface area contributed by atoms with Crippen LogP contribution in [0, 0.1) is 0 Å². The third-order valence-corrected chi connectivity index (χ3v) is 4.89. The number of nitrogens with zero attached hydrogens (tertiary/aromatic N) is 2. The van der Waals surface area contributed by atoms with Crippen LogP contribution in [-0.2, 0) is 11.2 Å². The number of aromatic nitrogens is 2. The van der Waals surface area contributed by atoms with Crippen molar-refractivity contribution in [3.63, 3.8) is 0 Å². The van der Waals surface area contributed by atoms with Crippen molar-refractivity contribution in [2.75, 3.05) is 25.6 Å². The van der Waals surface area contributed by atoms with Gasteiger partial charge in [0, 0.05) is 37.9 Å². The number of methoxy groups -OCH3 is 1. The third kappa shape index (κ3) is 3.33. The first-order chi connectivity index (χ1) is 12.9. The fourth-order valence-corrected chi connectivity index (χ4v) is 3.62. The van der Waals surface area contributed by atoms with Crippen molar-refractivity contribution in [1.82, 2.24) is 9.97 Å². The van der Waals surface area contributed by atoms with Gasteiger partial charge in [-0.3, -0.25) is 0 Å². The quantitative estimate of drug-likeness (QED) is 0.678. The lowest BCUT2D eigenvalue weighted by molar-refractivity contribution is 0.197. The van der Waals surface area contributed by atoms with Crippen molar-refractivity contribution in [3.8, 4) is 11.3 Å². The molecule has 4 rings (SSSR count). The van der Waals surface area contributed by atoms with Gasteiger partial charge in [-0.15, -0.1) is 0 Å². The molecule has 132 valence electrons. The number of hydrogen-bond donors (Lipinski definition) is 1. The van der Waals surface area contributed by atoms with Crippen LogP contribution >= 0.6 is 0 Å². The van der Waals surface area contributed by atoms with Crippen molar-refractivity contribution in [2.45, 2.75) is 18.8 Å². The number of nitrogens with one attached hydrogen (secondary N) is 1. The maximum Gasteiger partial charge on any atom is 0.223 e. The summed E-state index contributed by atoms with van der Waals surface area (Å²) in [5.41, 5.74) is 6.16. The minimum atomic E-state index is 0.351. The van der Waals surface area contributed by atoms with Gasteiger partial charge in [0.15, 0.2) is 0 Å². The lowest BCUT2D eigenvalue weighted by atomic mass is 9.78. The molecule has 1 aliphatic rings. The lowest BCUT2D eigenvalue weighted by Gasteiger charge is -2.27. The van der Waals surface area contributed by atoms with Crippen LogP contribution in [0.25, 0.3) is 11.3 Å². The van der Waals surface area contributed by atoms with Crippen LogP contribution in [0.2, 0.25) is 0 Å². The van der Waals surface area contributed by atoms with Gasteiger partial charge in [0.1, 0.15) is 0 Å². The highest BCUT2D eigenvalue weighted by molar-refractivity contribution is 5.72. The molecule has 0 amide bonds. The standard InChI is InChI=1S/C22H23N3O/c1-26-13-7-12-23-22-24-15-17-14-20(16-8-3-2-4-9-16)18-10-5-6-11-19(18)21(17)25-22/h2-6,8-11,15,20H,7,12-14H2,1H3,(H,23,24,25). The van der Waals surface area contributed by atoms with E-state index in [2.05, 4.69) is 64.9 Å². The fraction of sp³-hybridized carbons (Fsp3) is 0.273. The van der Waals surface area contributed by atoms with E-state index in [0.29, 0.717) is 11.9 Å². The van der Waals surface area contributed by atoms with E-state index in [0.717, 1.165) is 31.7 Å². The Morgan fingerprint density at radius 3 is 2.73 bits per heavy atom. The molecule has 0 spiro atoms. The first kappa shape index (κ1) is 16.7. The Morgan fingerprint density at radius 1 is 1.08 bits per heavy atom. The van der Waals surface area contributed by atoms with Gasteiger partial charge in [0.05, 0.1) is 5.69 Å². The molecule has 0 aliphatic heterocycles. The van der Waals surface area contributed by atoms with Crippen LogP contribution in [0.1, 0.15) is 29.0 Å². The Balaban J connectivity index is 1.67. The van der Waals surface area contributed by atoms with Gasteiger partial charge in [-0.25, -0.2) is 9.97 Å². The number of anilines is 1.